The van der Waals surface area contributed by atoms with Crippen molar-refractivity contribution in [3.8, 4) is 11.5 Å². The van der Waals surface area contributed by atoms with Crippen LogP contribution in [-0.4, -0.2) is 52.5 Å². The molecule has 8 heteroatoms. The zero-order valence-corrected chi connectivity index (χ0v) is 18.3. The smallest absolute Gasteiger partial charge is 0.270 e. The molecule has 5 rings (SSSR count). The maximum Gasteiger partial charge on any atom is 0.270 e. The van der Waals surface area contributed by atoms with Crippen LogP contribution in [0.3, 0.4) is 0 Å². The van der Waals surface area contributed by atoms with E-state index in [4.69, 9.17) is 14.5 Å². The highest BCUT2D eigenvalue weighted by atomic mass is 32.1. The van der Waals surface area contributed by atoms with Crippen molar-refractivity contribution < 1.29 is 14.3 Å². The minimum atomic E-state index is -0.00709. The second-order valence-corrected chi connectivity index (χ2v) is 8.60. The lowest BCUT2D eigenvalue weighted by molar-refractivity contribution is 0.0786. The number of likely N-dealkylation sites (tertiary alicyclic amines) is 1. The number of ether oxygens (including phenoxy) is 2. The molecule has 1 aliphatic rings. The molecule has 1 aliphatic heterocycles. The van der Waals surface area contributed by atoms with Gasteiger partial charge in [-0.15, -0.1) is 11.3 Å². The topological polar surface area (TPSA) is 71.9 Å². The molecule has 3 aromatic heterocycles. The number of fused-ring (bicyclic) bond motifs is 2. The van der Waals surface area contributed by atoms with Crippen LogP contribution < -0.4 is 9.47 Å². The van der Waals surface area contributed by atoms with E-state index in [1.807, 2.05) is 30.0 Å². The first kappa shape index (κ1) is 19.0. The van der Waals surface area contributed by atoms with Crippen molar-refractivity contribution in [3.05, 3.63) is 46.5 Å². The molecule has 1 fully saturated rings. The number of carbonyl (C=O) groups is 1. The summed E-state index contributed by atoms with van der Waals surface area (Å²) in [7, 11) is 3.25. The summed E-state index contributed by atoms with van der Waals surface area (Å²) in [6.45, 7) is 5.53. The lowest BCUT2D eigenvalue weighted by Gasteiger charge is -2.15. The lowest BCUT2D eigenvalue weighted by atomic mass is 10.1. The molecule has 30 heavy (non-hydrogen) atoms. The third kappa shape index (κ3) is 2.78. The molecule has 0 radical (unpaired) electrons. The van der Waals surface area contributed by atoms with E-state index in [1.54, 1.807) is 25.6 Å². The highest BCUT2D eigenvalue weighted by Gasteiger charge is 2.32. The summed E-state index contributed by atoms with van der Waals surface area (Å²) in [6, 6.07) is 5.55. The van der Waals surface area contributed by atoms with E-state index in [2.05, 4.69) is 21.7 Å². The molecule has 1 atom stereocenters. The van der Waals surface area contributed by atoms with Crippen molar-refractivity contribution in [3.63, 3.8) is 0 Å². The van der Waals surface area contributed by atoms with Crippen molar-refractivity contribution in [2.24, 2.45) is 0 Å². The summed E-state index contributed by atoms with van der Waals surface area (Å²) in [6.07, 6.45) is 0.918. The number of aromatic nitrogens is 3. The largest absolute Gasteiger partial charge is 0.496 e. The molecule has 0 aliphatic carbocycles. The zero-order valence-electron chi connectivity index (χ0n) is 17.5. The van der Waals surface area contributed by atoms with E-state index in [9.17, 15) is 4.79 Å². The Morgan fingerprint density at radius 3 is 2.77 bits per heavy atom. The van der Waals surface area contributed by atoms with Crippen molar-refractivity contribution >= 4 is 33.0 Å². The average Bonchev–Trinajstić information content (AvgIpc) is 3.52. The summed E-state index contributed by atoms with van der Waals surface area (Å²) >= 11 is 1.73. The molecule has 1 aromatic carbocycles. The molecular formula is C22H24N4O3S. The quantitative estimate of drug-likeness (QED) is 0.534. The molecule has 1 amide bonds. The summed E-state index contributed by atoms with van der Waals surface area (Å²) in [5, 5.41) is 3.01. The SMILES string of the molecule is COc1ccc(OC)c2[nH]c(C(=O)N3CC[C@H](c4nc(C)n5c(C)csc45)C3)cc12. The molecule has 1 saturated heterocycles. The molecule has 1 N–H and O–H groups in total. The molecular weight excluding hydrogens is 400 g/mol. The van der Waals surface area contributed by atoms with E-state index in [-0.39, 0.29) is 11.8 Å². The van der Waals surface area contributed by atoms with Gasteiger partial charge in [-0.05, 0) is 38.5 Å². The highest BCUT2D eigenvalue weighted by molar-refractivity contribution is 7.15. The summed E-state index contributed by atoms with van der Waals surface area (Å²) in [5.74, 6) is 2.66. The standard InChI is InChI=1S/C22H24N4O3S/c1-12-11-30-22-19(23-13(2)26(12)22)14-7-8-25(10-14)21(27)16-9-15-17(28-3)5-6-18(29-4)20(15)24-16/h5-6,9,11,14,24H,7-8,10H2,1-4H3/t14-/m0/s1. The Morgan fingerprint density at radius 2 is 2.00 bits per heavy atom. The number of benzene rings is 1. The first-order valence-electron chi connectivity index (χ1n) is 9.97. The molecule has 156 valence electrons. The van der Waals surface area contributed by atoms with Crippen LogP contribution in [0.1, 0.15) is 40.0 Å². The van der Waals surface area contributed by atoms with E-state index in [1.165, 1.54) is 10.5 Å². The summed E-state index contributed by atoms with van der Waals surface area (Å²) < 4.78 is 13.1. The van der Waals surface area contributed by atoms with Crippen molar-refractivity contribution in [2.45, 2.75) is 26.2 Å². The number of methoxy groups -OCH3 is 2. The van der Waals surface area contributed by atoms with Crippen LogP contribution in [0.4, 0.5) is 0 Å². The Hall–Kier alpha value is -3.00. The number of imidazole rings is 1. The third-order valence-corrected chi connectivity index (χ3v) is 7.04. The number of aromatic amines is 1. The number of aryl methyl sites for hydroxylation is 2. The Morgan fingerprint density at radius 1 is 1.23 bits per heavy atom. The molecule has 7 nitrogen and oxygen atoms in total. The molecule has 0 saturated carbocycles. The van der Waals surface area contributed by atoms with E-state index in [0.717, 1.165) is 35.4 Å². The van der Waals surface area contributed by atoms with E-state index in [0.29, 0.717) is 23.7 Å². The first-order valence-corrected chi connectivity index (χ1v) is 10.9. The van der Waals surface area contributed by atoms with Gasteiger partial charge in [0.1, 0.15) is 27.8 Å². The van der Waals surface area contributed by atoms with Crippen LogP contribution in [0.25, 0.3) is 15.7 Å². The molecule has 4 aromatic rings. The Labute approximate surface area is 178 Å². The van der Waals surface area contributed by atoms with Crippen LogP contribution >= 0.6 is 11.3 Å². The van der Waals surface area contributed by atoms with Crippen LogP contribution in [0.15, 0.2) is 23.6 Å². The number of hydrogen-bond acceptors (Lipinski definition) is 5. The monoisotopic (exact) mass is 424 g/mol. The second-order valence-electron chi connectivity index (χ2n) is 7.74. The number of H-pyrrole nitrogens is 1. The van der Waals surface area contributed by atoms with Gasteiger partial charge in [0.15, 0.2) is 0 Å². The average molecular weight is 425 g/mol. The van der Waals surface area contributed by atoms with Crippen molar-refractivity contribution in [2.75, 3.05) is 27.3 Å². The maximum absolute atomic E-state index is 13.3. The fourth-order valence-electron chi connectivity index (χ4n) is 4.49. The predicted molar refractivity (Wildman–Crippen MR) is 117 cm³/mol. The minimum absolute atomic E-state index is 0.00709. The Bertz CT molecular complexity index is 1230. The Balaban J connectivity index is 1.44. The second kappa shape index (κ2) is 7.05. The minimum Gasteiger partial charge on any atom is -0.496 e. The van der Waals surface area contributed by atoms with Gasteiger partial charge in [-0.1, -0.05) is 0 Å². The number of rotatable bonds is 4. The predicted octanol–water partition coefficient (Wildman–Crippen LogP) is 4.14. The van der Waals surface area contributed by atoms with Gasteiger partial charge in [0.2, 0.25) is 0 Å². The van der Waals surface area contributed by atoms with Gasteiger partial charge in [0.05, 0.1) is 25.4 Å². The molecule has 0 spiro atoms. The summed E-state index contributed by atoms with van der Waals surface area (Å²) in [4.78, 5) is 24.4. The van der Waals surface area contributed by atoms with Gasteiger partial charge in [-0.2, -0.15) is 0 Å². The van der Waals surface area contributed by atoms with Gasteiger partial charge in [-0.3, -0.25) is 9.20 Å². The normalized spacial score (nSPS) is 16.7. The number of nitrogens with one attached hydrogen (secondary N) is 1. The van der Waals surface area contributed by atoms with Crippen LogP contribution in [0, 0.1) is 13.8 Å². The first-order chi connectivity index (χ1) is 14.5. The Kier molecular flexibility index (Phi) is 4.47. The van der Waals surface area contributed by atoms with Gasteiger partial charge in [0.25, 0.3) is 5.91 Å². The maximum atomic E-state index is 13.3. The number of thiazole rings is 1. The fraction of sp³-hybridized carbons (Fsp3) is 0.364. The summed E-state index contributed by atoms with van der Waals surface area (Å²) in [5.41, 5.74) is 3.64. The van der Waals surface area contributed by atoms with Gasteiger partial charge < -0.3 is 19.4 Å². The third-order valence-electron chi connectivity index (χ3n) is 5.97. The highest BCUT2D eigenvalue weighted by Crippen LogP contribution is 2.36. The van der Waals surface area contributed by atoms with Crippen molar-refractivity contribution in [1.82, 2.24) is 19.3 Å². The number of nitrogens with zero attached hydrogens (tertiary/aromatic N) is 3. The molecule has 0 bridgehead atoms. The van der Waals surface area contributed by atoms with Crippen LogP contribution in [0.2, 0.25) is 0 Å². The fourth-order valence-corrected chi connectivity index (χ4v) is 5.59. The van der Waals surface area contributed by atoms with Crippen LogP contribution in [-0.2, 0) is 0 Å². The van der Waals surface area contributed by atoms with Crippen LogP contribution in [0.5, 0.6) is 11.5 Å². The molecule has 0 unspecified atom stereocenters. The van der Waals surface area contributed by atoms with E-state index >= 15 is 0 Å². The number of carbonyl (C=O) groups excluding carboxylic acids is 1. The lowest BCUT2D eigenvalue weighted by Crippen LogP contribution is -2.28. The van der Waals surface area contributed by atoms with Gasteiger partial charge in [0, 0.05) is 35.5 Å². The molecule has 4 heterocycles. The zero-order chi connectivity index (χ0) is 21.0. The van der Waals surface area contributed by atoms with Gasteiger partial charge >= 0.3 is 0 Å². The number of hydrogen-bond donors (Lipinski definition) is 1. The van der Waals surface area contributed by atoms with Gasteiger partial charge in [-0.25, -0.2) is 4.98 Å². The van der Waals surface area contributed by atoms with E-state index < -0.39 is 0 Å². The van der Waals surface area contributed by atoms with Crippen molar-refractivity contribution in [1.29, 1.82) is 0 Å². The number of amides is 1.